The van der Waals surface area contributed by atoms with E-state index < -0.39 is 6.67 Å². The first-order valence-electron chi connectivity index (χ1n) is 5.87. The topological polar surface area (TPSA) is 80.7 Å². The first kappa shape index (κ1) is 14.0. The Labute approximate surface area is 115 Å². The van der Waals surface area contributed by atoms with Gasteiger partial charge in [0, 0.05) is 6.20 Å². The summed E-state index contributed by atoms with van der Waals surface area (Å²) in [7, 11) is 0. The van der Waals surface area contributed by atoms with Gasteiger partial charge in [-0.05, 0) is 18.2 Å². The molecule has 0 saturated heterocycles. The Kier molecular flexibility index (Phi) is 4.70. The summed E-state index contributed by atoms with van der Waals surface area (Å²) >= 11 is 0. The highest BCUT2D eigenvalue weighted by Crippen LogP contribution is 2.31. The number of benzene rings is 1. The van der Waals surface area contributed by atoms with Gasteiger partial charge in [-0.2, -0.15) is 0 Å². The fraction of sp³-hybridized carbons (Fsp3) is 0.154. The zero-order valence-electron chi connectivity index (χ0n) is 10.5. The van der Waals surface area contributed by atoms with E-state index in [1.165, 1.54) is 18.5 Å². The van der Waals surface area contributed by atoms with Crippen LogP contribution < -0.4 is 15.3 Å². The second-order valence-corrected chi connectivity index (χ2v) is 3.82. The highest BCUT2D eigenvalue weighted by molar-refractivity contribution is 5.76. The quantitative estimate of drug-likeness (QED) is 0.791. The molecule has 0 saturated carbocycles. The summed E-state index contributed by atoms with van der Waals surface area (Å²) in [5.41, 5.74) is 0.872. The molecule has 1 heterocycles. The van der Waals surface area contributed by atoms with Gasteiger partial charge in [-0.1, -0.05) is 12.1 Å². The third kappa shape index (κ3) is 3.34. The zero-order valence-corrected chi connectivity index (χ0v) is 10.5. The largest absolute Gasteiger partial charge is 0.733 e. The standard InChI is InChI=1S/C13H13FN3O3/c14-6-8-20-13-4-2-1-3-11(13)16-10-5-7-15-9-12(10)17(18)19/h1-5,7,9,18H,6,8H2,(H,15,16)/q-1. The minimum absolute atomic E-state index is 0.0344. The third-order valence-electron chi connectivity index (χ3n) is 2.50. The molecule has 0 fully saturated rings. The first-order chi connectivity index (χ1) is 9.72. The molecule has 106 valence electrons. The van der Waals surface area contributed by atoms with E-state index in [-0.39, 0.29) is 17.5 Å². The van der Waals surface area contributed by atoms with Crippen LogP contribution in [0.4, 0.5) is 21.5 Å². The lowest BCUT2D eigenvalue weighted by Gasteiger charge is -2.24. The lowest BCUT2D eigenvalue weighted by atomic mass is 10.2. The van der Waals surface area contributed by atoms with Crippen LogP contribution in [0.3, 0.4) is 0 Å². The number of pyridine rings is 1. The average Bonchev–Trinajstić information content (AvgIpc) is 2.47. The number of ether oxygens (including phenoxy) is 1. The number of halogens is 1. The normalized spacial score (nSPS) is 10.2. The number of nitrogens with one attached hydrogen (secondary N) is 1. The van der Waals surface area contributed by atoms with Crippen molar-refractivity contribution < 1.29 is 14.3 Å². The van der Waals surface area contributed by atoms with Crippen LogP contribution in [0.25, 0.3) is 0 Å². The third-order valence-corrected chi connectivity index (χ3v) is 2.50. The van der Waals surface area contributed by atoms with Gasteiger partial charge in [0.15, 0.2) is 0 Å². The molecular weight excluding hydrogens is 265 g/mol. The van der Waals surface area contributed by atoms with Crippen LogP contribution in [0.5, 0.6) is 5.75 Å². The van der Waals surface area contributed by atoms with Gasteiger partial charge >= 0.3 is 0 Å². The van der Waals surface area contributed by atoms with Crippen LogP contribution >= 0.6 is 0 Å². The summed E-state index contributed by atoms with van der Waals surface area (Å²) in [6.45, 7) is -0.657. The Morgan fingerprint density at radius 1 is 1.30 bits per heavy atom. The monoisotopic (exact) mass is 278 g/mol. The second kappa shape index (κ2) is 6.69. The van der Waals surface area contributed by atoms with E-state index in [4.69, 9.17) is 9.94 Å². The minimum Gasteiger partial charge on any atom is -0.733 e. The molecule has 0 amide bonds. The fourth-order valence-corrected chi connectivity index (χ4v) is 1.63. The van der Waals surface area contributed by atoms with E-state index in [0.717, 1.165) is 0 Å². The van der Waals surface area contributed by atoms with Gasteiger partial charge in [0.1, 0.15) is 19.0 Å². The maximum absolute atomic E-state index is 12.2. The van der Waals surface area contributed by atoms with Crippen LogP contribution in [0.15, 0.2) is 42.7 Å². The van der Waals surface area contributed by atoms with Gasteiger partial charge in [-0.15, -0.1) is 0 Å². The Morgan fingerprint density at radius 3 is 2.85 bits per heavy atom. The molecule has 2 rings (SSSR count). The van der Waals surface area contributed by atoms with Crippen molar-refractivity contribution in [3.05, 3.63) is 47.9 Å². The fourth-order valence-electron chi connectivity index (χ4n) is 1.63. The average molecular weight is 278 g/mol. The van der Waals surface area contributed by atoms with Crippen molar-refractivity contribution >= 4 is 17.1 Å². The Hall–Kier alpha value is -2.38. The molecule has 2 aromatic rings. The molecule has 0 atom stereocenters. The van der Waals surface area contributed by atoms with E-state index in [9.17, 15) is 9.60 Å². The van der Waals surface area contributed by atoms with Gasteiger partial charge < -0.3 is 20.5 Å². The van der Waals surface area contributed by atoms with Crippen LogP contribution in [-0.2, 0) is 0 Å². The summed E-state index contributed by atoms with van der Waals surface area (Å²) in [5.74, 6) is 0.448. The molecule has 20 heavy (non-hydrogen) atoms. The maximum Gasteiger partial charge on any atom is 0.142 e. The van der Waals surface area contributed by atoms with Crippen molar-refractivity contribution in [1.82, 2.24) is 4.98 Å². The van der Waals surface area contributed by atoms with Gasteiger partial charge in [0.25, 0.3) is 0 Å². The van der Waals surface area contributed by atoms with Gasteiger partial charge in [-0.3, -0.25) is 10.2 Å². The molecule has 0 bridgehead atoms. The Bertz CT molecular complexity index is 566. The highest BCUT2D eigenvalue weighted by atomic mass is 19.1. The smallest absolute Gasteiger partial charge is 0.142 e. The predicted molar refractivity (Wildman–Crippen MR) is 73.1 cm³/mol. The molecule has 6 nitrogen and oxygen atoms in total. The van der Waals surface area contributed by atoms with Crippen molar-refractivity contribution in [2.45, 2.75) is 0 Å². The van der Waals surface area contributed by atoms with Gasteiger partial charge in [0.05, 0.1) is 23.3 Å². The van der Waals surface area contributed by atoms with Crippen molar-refractivity contribution in [1.29, 1.82) is 0 Å². The van der Waals surface area contributed by atoms with E-state index in [1.807, 2.05) is 0 Å². The predicted octanol–water partition coefficient (Wildman–Crippen LogP) is 2.87. The van der Waals surface area contributed by atoms with Crippen molar-refractivity contribution in [3.8, 4) is 5.75 Å². The van der Waals surface area contributed by atoms with E-state index in [2.05, 4.69) is 10.3 Å². The molecule has 2 N–H and O–H groups in total. The van der Waals surface area contributed by atoms with Crippen molar-refractivity contribution in [2.75, 3.05) is 23.8 Å². The second-order valence-electron chi connectivity index (χ2n) is 3.82. The van der Waals surface area contributed by atoms with Crippen LogP contribution in [0.1, 0.15) is 0 Å². The number of anilines is 3. The Morgan fingerprint density at radius 2 is 2.10 bits per heavy atom. The number of nitrogens with zero attached hydrogens (tertiary/aromatic N) is 2. The molecule has 0 aliphatic heterocycles. The summed E-state index contributed by atoms with van der Waals surface area (Å²) in [4.78, 5) is 3.76. The molecule has 0 spiro atoms. The van der Waals surface area contributed by atoms with Crippen molar-refractivity contribution in [2.24, 2.45) is 0 Å². The van der Waals surface area contributed by atoms with Gasteiger partial charge in [0.2, 0.25) is 0 Å². The number of aromatic nitrogens is 1. The summed E-state index contributed by atoms with van der Waals surface area (Å²) in [5, 5.41) is 22.7. The number of hydrogen-bond acceptors (Lipinski definition) is 6. The molecule has 0 radical (unpaired) electrons. The van der Waals surface area contributed by atoms with Crippen LogP contribution in [0, 0.1) is 5.21 Å². The summed E-state index contributed by atoms with van der Waals surface area (Å²) < 4.78 is 17.4. The zero-order chi connectivity index (χ0) is 14.4. The molecule has 0 aliphatic rings. The number of alkyl halides is 1. The van der Waals surface area contributed by atoms with E-state index in [1.54, 1.807) is 24.3 Å². The summed E-state index contributed by atoms with van der Waals surface area (Å²) in [6.07, 6.45) is 2.70. The van der Waals surface area contributed by atoms with E-state index >= 15 is 0 Å². The first-order valence-corrected chi connectivity index (χ1v) is 5.87. The maximum atomic E-state index is 12.2. The Balaban J connectivity index is 2.26. The molecule has 1 aromatic heterocycles. The highest BCUT2D eigenvalue weighted by Gasteiger charge is 2.07. The van der Waals surface area contributed by atoms with E-state index in [0.29, 0.717) is 17.1 Å². The lowest BCUT2D eigenvalue weighted by molar-refractivity contribution is 0.274. The summed E-state index contributed by atoms with van der Waals surface area (Å²) in [6, 6.07) is 8.43. The number of hydrogen-bond donors (Lipinski definition) is 2. The van der Waals surface area contributed by atoms with Crippen LogP contribution in [-0.4, -0.2) is 23.5 Å². The lowest BCUT2D eigenvalue weighted by Crippen LogP contribution is -2.10. The van der Waals surface area contributed by atoms with Crippen molar-refractivity contribution in [3.63, 3.8) is 0 Å². The molecule has 7 heteroatoms. The minimum atomic E-state index is -0.597. The molecule has 0 unspecified atom stereocenters. The number of para-hydroxylation sites is 2. The number of rotatable bonds is 6. The molecular formula is C13H13FN3O3-. The molecule has 0 aliphatic carbocycles. The SMILES string of the molecule is [O-]N(O)c1cnccc1Nc1ccccc1OCCF. The van der Waals surface area contributed by atoms with Crippen LogP contribution in [0.2, 0.25) is 0 Å². The van der Waals surface area contributed by atoms with Gasteiger partial charge in [-0.25, -0.2) is 4.39 Å². The molecule has 1 aromatic carbocycles.